The Bertz CT molecular complexity index is 799. The second kappa shape index (κ2) is 8.15. The van der Waals surface area contributed by atoms with Crippen molar-refractivity contribution in [2.24, 2.45) is 5.16 Å². The van der Waals surface area contributed by atoms with Crippen LogP contribution in [-0.4, -0.2) is 49.9 Å². The van der Waals surface area contributed by atoms with Gasteiger partial charge in [0.05, 0.1) is 24.9 Å². The van der Waals surface area contributed by atoms with Gasteiger partial charge in [0.2, 0.25) is 0 Å². The highest BCUT2D eigenvalue weighted by Gasteiger charge is 2.33. The maximum absolute atomic E-state index is 13.0. The molecule has 1 fully saturated rings. The van der Waals surface area contributed by atoms with Crippen LogP contribution >= 0.6 is 0 Å². The summed E-state index contributed by atoms with van der Waals surface area (Å²) in [5.41, 5.74) is 5.03. The fourth-order valence-corrected chi connectivity index (χ4v) is 3.40. The number of oxime groups is 1. The molecule has 1 aliphatic rings. The van der Waals surface area contributed by atoms with Crippen molar-refractivity contribution >= 4 is 11.6 Å². The summed E-state index contributed by atoms with van der Waals surface area (Å²) in [7, 11) is 3.16. The largest absolute Gasteiger partial charge is 0.399 e. The van der Waals surface area contributed by atoms with Gasteiger partial charge in [0, 0.05) is 19.1 Å². The van der Waals surface area contributed by atoms with Gasteiger partial charge in [-0.3, -0.25) is 4.79 Å². The molecule has 0 radical (unpaired) electrons. The summed E-state index contributed by atoms with van der Waals surface area (Å²) in [5.74, 6) is -0.00955. The van der Waals surface area contributed by atoms with Crippen molar-refractivity contribution in [2.45, 2.75) is 19.4 Å². The summed E-state index contributed by atoms with van der Waals surface area (Å²) >= 11 is 0. The van der Waals surface area contributed by atoms with Crippen LogP contribution in [0.4, 0.5) is 0 Å². The molecule has 1 unspecified atom stereocenters. The van der Waals surface area contributed by atoms with Crippen molar-refractivity contribution in [1.82, 2.24) is 4.90 Å². The fourth-order valence-electron chi connectivity index (χ4n) is 3.40. The van der Waals surface area contributed by atoms with E-state index in [-0.39, 0.29) is 11.9 Å². The van der Waals surface area contributed by atoms with E-state index < -0.39 is 0 Å². The number of benzene rings is 2. The number of aryl methyl sites for hydroxylation is 1. The number of amides is 1. The first-order valence-electron chi connectivity index (χ1n) is 8.69. The number of hydrogen-bond acceptors (Lipinski definition) is 4. The van der Waals surface area contributed by atoms with E-state index in [0.29, 0.717) is 25.1 Å². The highest BCUT2D eigenvalue weighted by Crippen LogP contribution is 2.25. The Kier molecular flexibility index (Phi) is 5.68. The molecule has 5 nitrogen and oxygen atoms in total. The third-order valence-corrected chi connectivity index (χ3v) is 4.69. The number of hydrogen-bond donors (Lipinski definition) is 0. The van der Waals surface area contributed by atoms with Crippen LogP contribution in [0.15, 0.2) is 53.7 Å². The molecule has 0 N–H and O–H groups in total. The molecule has 1 amide bonds. The van der Waals surface area contributed by atoms with Gasteiger partial charge >= 0.3 is 0 Å². The minimum Gasteiger partial charge on any atom is -0.399 e. The van der Waals surface area contributed by atoms with E-state index in [4.69, 9.17) is 9.57 Å². The molecule has 0 spiro atoms. The molecule has 1 atom stereocenters. The third kappa shape index (κ3) is 3.78. The molecule has 2 aromatic rings. The van der Waals surface area contributed by atoms with E-state index in [1.165, 1.54) is 18.2 Å². The van der Waals surface area contributed by atoms with Crippen LogP contribution < -0.4 is 0 Å². The van der Waals surface area contributed by atoms with Crippen molar-refractivity contribution < 1.29 is 14.4 Å². The Hall–Kier alpha value is -2.66. The summed E-state index contributed by atoms with van der Waals surface area (Å²) in [6.07, 6.45) is 0.675. The minimum atomic E-state index is -0.0163. The maximum Gasteiger partial charge on any atom is 0.254 e. The van der Waals surface area contributed by atoms with Crippen LogP contribution in [0.5, 0.6) is 0 Å². The molecule has 0 bridgehead atoms. The summed E-state index contributed by atoms with van der Waals surface area (Å²) in [4.78, 5) is 19.7. The predicted molar refractivity (Wildman–Crippen MR) is 102 cm³/mol. The van der Waals surface area contributed by atoms with Crippen LogP contribution in [0.2, 0.25) is 0 Å². The Morgan fingerprint density at radius 1 is 1.15 bits per heavy atom. The van der Waals surface area contributed by atoms with E-state index in [2.05, 4.69) is 24.2 Å². The van der Waals surface area contributed by atoms with Gasteiger partial charge in [-0.1, -0.05) is 41.6 Å². The van der Waals surface area contributed by atoms with Crippen LogP contribution in [0.3, 0.4) is 0 Å². The maximum atomic E-state index is 13.0. The zero-order chi connectivity index (χ0) is 18.5. The number of likely N-dealkylation sites (tertiary alicyclic amines) is 1. The van der Waals surface area contributed by atoms with E-state index in [1.807, 2.05) is 41.3 Å². The van der Waals surface area contributed by atoms with Gasteiger partial charge in [-0.05, 0) is 35.7 Å². The first kappa shape index (κ1) is 18.1. The number of carbonyl (C=O) groups excluding carboxylic acids is 1. The van der Waals surface area contributed by atoms with Crippen LogP contribution in [0.1, 0.15) is 22.3 Å². The summed E-state index contributed by atoms with van der Waals surface area (Å²) < 4.78 is 5.27. The predicted octanol–water partition coefficient (Wildman–Crippen LogP) is 3.53. The smallest absolute Gasteiger partial charge is 0.254 e. The number of rotatable bonds is 5. The molecule has 2 aromatic carbocycles. The van der Waals surface area contributed by atoms with Gasteiger partial charge in [-0.25, -0.2) is 0 Å². The second-order valence-electron chi connectivity index (χ2n) is 6.48. The highest BCUT2D eigenvalue weighted by molar-refractivity contribution is 6.00. The quantitative estimate of drug-likeness (QED) is 0.774. The second-order valence-corrected chi connectivity index (χ2v) is 6.48. The Morgan fingerprint density at radius 2 is 1.88 bits per heavy atom. The van der Waals surface area contributed by atoms with E-state index in [9.17, 15) is 4.79 Å². The van der Waals surface area contributed by atoms with Gasteiger partial charge in [-0.15, -0.1) is 0 Å². The topological polar surface area (TPSA) is 51.1 Å². The zero-order valence-corrected chi connectivity index (χ0v) is 15.4. The van der Waals surface area contributed by atoms with E-state index in [1.54, 1.807) is 7.11 Å². The highest BCUT2D eigenvalue weighted by atomic mass is 16.6. The lowest BCUT2D eigenvalue weighted by Gasteiger charge is -2.23. The standard InChI is InChI=1S/C21H24N2O3/c1-15-6-4-5-7-20(15)16-8-10-17(11-9-16)21(24)23-13-18(22-26-3)12-19(23)14-25-2/h4-11,19H,12-14H2,1-3H3/b22-18+. The molecule has 5 heteroatoms. The van der Waals surface area contributed by atoms with Gasteiger partial charge in [0.1, 0.15) is 7.11 Å². The van der Waals surface area contributed by atoms with Gasteiger partial charge < -0.3 is 14.5 Å². The van der Waals surface area contributed by atoms with E-state index in [0.717, 1.165) is 11.3 Å². The van der Waals surface area contributed by atoms with Crippen LogP contribution in [0, 0.1) is 6.92 Å². The van der Waals surface area contributed by atoms with Crippen LogP contribution in [0.25, 0.3) is 11.1 Å². The molecular weight excluding hydrogens is 328 g/mol. The SMILES string of the molecule is COCC1C/C(=N\OC)CN1C(=O)c1ccc(-c2ccccc2C)cc1. The van der Waals surface area contributed by atoms with Gasteiger partial charge in [-0.2, -0.15) is 0 Å². The molecule has 0 aromatic heterocycles. The first-order valence-corrected chi connectivity index (χ1v) is 8.69. The Labute approximate surface area is 154 Å². The summed E-state index contributed by atoms with van der Waals surface area (Å²) in [5, 5.41) is 4.01. The van der Waals surface area contributed by atoms with Gasteiger partial charge in [0.15, 0.2) is 0 Å². The zero-order valence-electron chi connectivity index (χ0n) is 15.4. The molecule has 26 heavy (non-hydrogen) atoms. The Balaban J connectivity index is 1.81. The Morgan fingerprint density at radius 3 is 2.54 bits per heavy atom. The van der Waals surface area contributed by atoms with Gasteiger partial charge in [0.25, 0.3) is 5.91 Å². The minimum absolute atomic E-state index is 0.00955. The fraction of sp³-hybridized carbons (Fsp3) is 0.333. The lowest BCUT2D eigenvalue weighted by Crippen LogP contribution is -2.38. The number of nitrogens with zero attached hydrogens (tertiary/aromatic N) is 2. The average molecular weight is 352 g/mol. The number of methoxy groups -OCH3 is 1. The molecule has 1 aliphatic heterocycles. The average Bonchev–Trinajstić information content (AvgIpc) is 3.05. The van der Waals surface area contributed by atoms with Crippen molar-refractivity contribution in [2.75, 3.05) is 27.4 Å². The molecule has 3 rings (SSSR count). The molecule has 1 heterocycles. The number of ether oxygens (including phenoxy) is 1. The van der Waals surface area contributed by atoms with E-state index >= 15 is 0 Å². The molecular formula is C21H24N2O3. The number of carbonyl (C=O) groups is 1. The molecule has 0 saturated carbocycles. The molecule has 0 aliphatic carbocycles. The summed E-state index contributed by atoms with van der Waals surface area (Å²) in [6.45, 7) is 3.04. The summed E-state index contributed by atoms with van der Waals surface area (Å²) in [6, 6.07) is 16.0. The van der Waals surface area contributed by atoms with Crippen molar-refractivity contribution in [3.05, 3.63) is 59.7 Å². The monoisotopic (exact) mass is 352 g/mol. The van der Waals surface area contributed by atoms with Crippen molar-refractivity contribution in [1.29, 1.82) is 0 Å². The first-order chi connectivity index (χ1) is 12.6. The van der Waals surface area contributed by atoms with Crippen molar-refractivity contribution in [3.63, 3.8) is 0 Å². The lowest BCUT2D eigenvalue weighted by atomic mass is 9.99. The van der Waals surface area contributed by atoms with Crippen molar-refractivity contribution in [3.8, 4) is 11.1 Å². The molecule has 1 saturated heterocycles. The molecule has 136 valence electrons. The normalized spacial score (nSPS) is 18.3. The third-order valence-electron chi connectivity index (χ3n) is 4.69. The van der Waals surface area contributed by atoms with Crippen LogP contribution in [-0.2, 0) is 9.57 Å². The lowest BCUT2D eigenvalue weighted by molar-refractivity contribution is 0.0632.